The van der Waals surface area contributed by atoms with Crippen LogP contribution in [-0.2, 0) is 17.8 Å². The summed E-state index contributed by atoms with van der Waals surface area (Å²) < 4.78 is 0. The molecule has 232 valence electrons. The predicted molar refractivity (Wildman–Crippen MR) is 171 cm³/mol. The van der Waals surface area contributed by atoms with Crippen molar-refractivity contribution in [1.29, 1.82) is 0 Å². The van der Waals surface area contributed by atoms with Crippen LogP contribution in [0.1, 0.15) is 65.6 Å². The third kappa shape index (κ3) is 8.09. The third-order valence-corrected chi connectivity index (χ3v) is 9.13. The second kappa shape index (κ2) is 14.6. The van der Waals surface area contributed by atoms with Crippen molar-refractivity contribution in [3.63, 3.8) is 0 Å². The van der Waals surface area contributed by atoms with E-state index < -0.39 is 6.04 Å². The molecule has 1 saturated heterocycles. The van der Waals surface area contributed by atoms with Crippen LogP contribution < -0.4 is 11.1 Å². The number of carbonyl (C=O) groups excluding carboxylic acids is 2. The van der Waals surface area contributed by atoms with Crippen molar-refractivity contribution < 1.29 is 14.5 Å². The van der Waals surface area contributed by atoms with E-state index in [-0.39, 0.29) is 40.6 Å². The molecule has 0 aromatic heterocycles. The number of carbonyl (C=O) groups is 2. The Labute approximate surface area is 259 Å². The van der Waals surface area contributed by atoms with Crippen LogP contribution in [0, 0.1) is 17.0 Å². The number of likely N-dealkylation sites (tertiary alicyclic amines) is 1. The number of rotatable bonds is 10. The van der Waals surface area contributed by atoms with Crippen molar-refractivity contribution in [1.82, 2.24) is 15.1 Å². The van der Waals surface area contributed by atoms with Crippen molar-refractivity contribution >= 4 is 17.5 Å². The van der Waals surface area contributed by atoms with E-state index in [4.69, 9.17) is 5.73 Å². The largest absolute Gasteiger partial charge is 0.352 e. The zero-order chi connectivity index (χ0) is 31.1. The van der Waals surface area contributed by atoms with E-state index in [0.29, 0.717) is 25.1 Å². The molecule has 2 aliphatic rings. The molecular formula is C35H43N5O4. The molecule has 5 rings (SSSR count). The highest BCUT2D eigenvalue weighted by Gasteiger charge is 2.39. The van der Waals surface area contributed by atoms with Crippen LogP contribution in [0.4, 0.5) is 5.69 Å². The standard InChI is InChI=1S/C35H43N5O4/c1-25-7-11-28(12-8-25)35(42)39-22-20-32(23-33(39)34(41)37-30-15-13-29(36)14-16-30)38(21-19-26-5-3-2-4-6-26)24-27-9-17-31(18-10-27)40(43)44/h2-12,17-18,29-30,32-33H,13-16,19-24,36H2,1H3,(H,37,41)/t29?,30?,32?,33-/m1/s1. The fourth-order valence-electron chi connectivity index (χ4n) is 6.46. The maximum Gasteiger partial charge on any atom is 0.269 e. The number of benzene rings is 3. The van der Waals surface area contributed by atoms with Crippen molar-refractivity contribution in [3.05, 3.63) is 111 Å². The van der Waals surface area contributed by atoms with Gasteiger partial charge in [0.2, 0.25) is 5.91 Å². The maximum absolute atomic E-state index is 13.9. The molecule has 0 spiro atoms. The molecule has 9 heteroatoms. The van der Waals surface area contributed by atoms with E-state index >= 15 is 0 Å². The molecule has 2 amide bonds. The van der Waals surface area contributed by atoms with Crippen LogP contribution in [-0.4, -0.2) is 63.8 Å². The van der Waals surface area contributed by atoms with Gasteiger partial charge in [-0.05, 0) is 75.1 Å². The number of aryl methyl sites for hydroxylation is 1. The SMILES string of the molecule is Cc1ccc(C(=O)N2CCC(N(CCc3ccccc3)Cc3ccc([N+](=O)[O-])cc3)C[C@@H]2C(=O)NC2CCC(N)CC2)cc1. The number of nitrogens with zero attached hydrogens (tertiary/aromatic N) is 3. The van der Waals surface area contributed by atoms with Crippen LogP contribution in [0.25, 0.3) is 0 Å². The highest BCUT2D eigenvalue weighted by atomic mass is 16.6. The van der Waals surface area contributed by atoms with E-state index in [1.807, 2.05) is 61.5 Å². The molecule has 2 fully saturated rings. The van der Waals surface area contributed by atoms with Gasteiger partial charge in [0.25, 0.3) is 11.6 Å². The highest BCUT2D eigenvalue weighted by Crippen LogP contribution is 2.27. The summed E-state index contributed by atoms with van der Waals surface area (Å²) >= 11 is 0. The fourth-order valence-corrected chi connectivity index (χ4v) is 6.46. The van der Waals surface area contributed by atoms with Gasteiger partial charge in [-0.3, -0.25) is 24.6 Å². The van der Waals surface area contributed by atoms with Gasteiger partial charge in [-0.25, -0.2) is 0 Å². The van der Waals surface area contributed by atoms with Crippen LogP contribution in [0.15, 0.2) is 78.9 Å². The topological polar surface area (TPSA) is 122 Å². The molecule has 9 nitrogen and oxygen atoms in total. The minimum Gasteiger partial charge on any atom is -0.352 e. The summed E-state index contributed by atoms with van der Waals surface area (Å²) in [6, 6.07) is 24.2. The van der Waals surface area contributed by atoms with Crippen LogP contribution >= 0.6 is 0 Å². The van der Waals surface area contributed by atoms with Gasteiger partial charge >= 0.3 is 0 Å². The summed E-state index contributed by atoms with van der Waals surface area (Å²) in [5.41, 5.74) is 10.0. The molecule has 3 aromatic rings. The second-order valence-corrected chi connectivity index (χ2v) is 12.3. The van der Waals surface area contributed by atoms with Gasteiger partial charge < -0.3 is 16.0 Å². The summed E-state index contributed by atoms with van der Waals surface area (Å²) in [7, 11) is 0. The molecule has 3 aromatic carbocycles. The van der Waals surface area contributed by atoms with Gasteiger partial charge in [0, 0.05) is 55.5 Å². The van der Waals surface area contributed by atoms with Crippen LogP contribution in [0.3, 0.4) is 0 Å². The summed E-state index contributed by atoms with van der Waals surface area (Å²) in [5, 5.41) is 14.5. The summed E-state index contributed by atoms with van der Waals surface area (Å²) in [6.45, 7) is 3.80. The van der Waals surface area contributed by atoms with E-state index in [9.17, 15) is 19.7 Å². The number of nitrogens with two attached hydrogens (primary N) is 1. The first-order chi connectivity index (χ1) is 21.3. The lowest BCUT2D eigenvalue weighted by atomic mass is 9.90. The van der Waals surface area contributed by atoms with E-state index in [2.05, 4.69) is 22.3 Å². The monoisotopic (exact) mass is 597 g/mol. The zero-order valence-corrected chi connectivity index (χ0v) is 25.4. The molecule has 3 N–H and O–H groups in total. The van der Waals surface area contributed by atoms with E-state index in [1.165, 1.54) is 5.56 Å². The predicted octanol–water partition coefficient (Wildman–Crippen LogP) is 5.01. The van der Waals surface area contributed by atoms with Gasteiger partial charge in [0.05, 0.1) is 4.92 Å². The number of piperidine rings is 1. The number of non-ortho nitro benzene ring substituents is 1. The lowest BCUT2D eigenvalue weighted by Crippen LogP contribution is -2.58. The first kappa shape index (κ1) is 31.3. The lowest BCUT2D eigenvalue weighted by Gasteiger charge is -2.43. The number of nitrogens with one attached hydrogen (secondary N) is 1. The summed E-state index contributed by atoms with van der Waals surface area (Å²) in [4.78, 5) is 42.7. The van der Waals surface area contributed by atoms with Crippen molar-refractivity contribution in [2.75, 3.05) is 13.1 Å². The lowest BCUT2D eigenvalue weighted by molar-refractivity contribution is -0.384. The number of nitro groups is 1. The summed E-state index contributed by atoms with van der Waals surface area (Å²) in [6.07, 6.45) is 5.52. The van der Waals surface area contributed by atoms with Gasteiger partial charge in [0.15, 0.2) is 0 Å². The first-order valence-electron chi connectivity index (χ1n) is 15.7. The van der Waals surface area contributed by atoms with Gasteiger partial charge in [-0.2, -0.15) is 0 Å². The smallest absolute Gasteiger partial charge is 0.269 e. The molecule has 0 bridgehead atoms. The average Bonchev–Trinajstić information content (AvgIpc) is 3.04. The third-order valence-electron chi connectivity index (χ3n) is 9.13. The molecule has 1 heterocycles. The van der Waals surface area contributed by atoms with Crippen molar-refractivity contribution in [2.45, 2.75) is 82.6 Å². The fraction of sp³-hybridized carbons (Fsp3) is 0.429. The van der Waals surface area contributed by atoms with Gasteiger partial charge in [-0.1, -0.05) is 60.2 Å². The van der Waals surface area contributed by atoms with Crippen LogP contribution in [0.2, 0.25) is 0 Å². The minimum absolute atomic E-state index is 0.0477. The maximum atomic E-state index is 13.9. The van der Waals surface area contributed by atoms with Crippen molar-refractivity contribution in [2.24, 2.45) is 5.73 Å². The Bertz CT molecular complexity index is 1410. The molecule has 2 atom stereocenters. The molecule has 1 aliphatic carbocycles. The van der Waals surface area contributed by atoms with Gasteiger partial charge in [0.1, 0.15) is 6.04 Å². The molecular weight excluding hydrogens is 554 g/mol. The first-order valence-corrected chi connectivity index (χ1v) is 15.7. The Kier molecular flexibility index (Phi) is 10.4. The highest BCUT2D eigenvalue weighted by molar-refractivity contribution is 5.97. The average molecular weight is 598 g/mol. The Hall–Kier alpha value is -4.08. The Morgan fingerprint density at radius 3 is 2.27 bits per heavy atom. The molecule has 0 radical (unpaired) electrons. The molecule has 1 aliphatic heterocycles. The Morgan fingerprint density at radius 2 is 1.61 bits per heavy atom. The molecule has 1 unspecified atom stereocenters. The number of hydrogen-bond donors (Lipinski definition) is 2. The quantitative estimate of drug-likeness (QED) is 0.250. The van der Waals surface area contributed by atoms with Crippen molar-refractivity contribution in [3.8, 4) is 0 Å². The summed E-state index contributed by atoms with van der Waals surface area (Å²) in [5.74, 6) is -0.227. The van der Waals surface area contributed by atoms with E-state index in [1.54, 1.807) is 17.0 Å². The normalized spacial score (nSPS) is 22.0. The number of hydrogen-bond acceptors (Lipinski definition) is 6. The van der Waals surface area contributed by atoms with Gasteiger partial charge in [-0.15, -0.1) is 0 Å². The van der Waals surface area contributed by atoms with Crippen LogP contribution in [0.5, 0.6) is 0 Å². The Morgan fingerprint density at radius 1 is 0.932 bits per heavy atom. The molecule has 1 saturated carbocycles. The minimum atomic E-state index is -0.603. The second-order valence-electron chi connectivity index (χ2n) is 12.3. The number of amides is 2. The van der Waals surface area contributed by atoms with E-state index in [0.717, 1.165) is 56.2 Å². The Balaban J connectivity index is 1.38. The molecule has 44 heavy (non-hydrogen) atoms. The zero-order valence-electron chi connectivity index (χ0n) is 25.4. The number of nitro benzene ring substituents is 1.